The molecule has 1 rings (SSSR count). The Hall–Kier alpha value is -0.770. The summed E-state index contributed by atoms with van der Waals surface area (Å²) in [7, 11) is 0. The van der Waals surface area contributed by atoms with E-state index in [0.717, 1.165) is 38.7 Å². The first-order valence-electron chi connectivity index (χ1n) is 6.49. The molecule has 0 radical (unpaired) electrons. The third-order valence-corrected chi connectivity index (χ3v) is 2.76. The lowest BCUT2D eigenvalue weighted by Crippen LogP contribution is -2.48. The fourth-order valence-corrected chi connectivity index (χ4v) is 1.77. The van der Waals surface area contributed by atoms with Gasteiger partial charge >= 0.3 is 0 Å². The summed E-state index contributed by atoms with van der Waals surface area (Å²) >= 11 is 0. The predicted molar refractivity (Wildman–Crippen MR) is 72.4 cm³/mol. The Morgan fingerprint density at radius 3 is 2.59 bits per heavy atom. The highest BCUT2D eigenvalue weighted by atomic mass is 16.5. The van der Waals surface area contributed by atoms with Crippen molar-refractivity contribution < 1.29 is 4.74 Å². The fraction of sp³-hybridized carbons (Fsp3) is 0.923. The van der Waals surface area contributed by atoms with Gasteiger partial charge in [0.1, 0.15) is 0 Å². The van der Waals surface area contributed by atoms with Gasteiger partial charge in [0.2, 0.25) is 0 Å². The van der Waals surface area contributed by atoms with E-state index in [0.29, 0.717) is 0 Å². The van der Waals surface area contributed by atoms with Gasteiger partial charge in [-0.25, -0.2) is 0 Å². The zero-order valence-electron chi connectivity index (χ0n) is 11.9. The number of hydrogen-bond donors (Lipinski definition) is 2. The summed E-state index contributed by atoms with van der Waals surface area (Å²) in [6.07, 6.45) is 1.10. The summed E-state index contributed by atoms with van der Waals surface area (Å²) in [6.45, 7) is 14.1. The molecule has 0 aromatic heterocycles. The quantitative estimate of drug-likeness (QED) is 0.585. The molecule has 1 atom stereocenters. The van der Waals surface area contributed by atoms with Gasteiger partial charge in [-0.15, -0.1) is 0 Å². The highest BCUT2D eigenvalue weighted by Crippen LogP contribution is 2.27. The highest BCUT2D eigenvalue weighted by Gasteiger charge is 2.29. The molecule has 0 saturated carbocycles. The molecule has 100 valence electrons. The molecule has 0 aromatic rings. The fourth-order valence-electron chi connectivity index (χ4n) is 1.77. The van der Waals surface area contributed by atoms with E-state index in [1.807, 2.05) is 0 Å². The van der Waals surface area contributed by atoms with Crippen LogP contribution in [-0.2, 0) is 4.74 Å². The van der Waals surface area contributed by atoms with Gasteiger partial charge in [0.05, 0.1) is 13.2 Å². The molecule has 1 saturated heterocycles. The van der Waals surface area contributed by atoms with Gasteiger partial charge < -0.3 is 15.4 Å². The minimum absolute atomic E-state index is 0.0358. The molecule has 4 heteroatoms. The maximum Gasteiger partial charge on any atom is 0.191 e. The third kappa shape index (κ3) is 5.39. The zero-order valence-corrected chi connectivity index (χ0v) is 11.9. The van der Waals surface area contributed by atoms with E-state index < -0.39 is 0 Å². The van der Waals surface area contributed by atoms with E-state index >= 15 is 0 Å². The normalized spacial score (nSPS) is 26.1. The molecule has 17 heavy (non-hydrogen) atoms. The van der Waals surface area contributed by atoms with Gasteiger partial charge in [-0.2, -0.15) is 0 Å². The van der Waals surface area contributed by atoms with Gasteiger partial charge in [0, 0.05) is 24.1 Å². The molecule has 1 aliphatic heterocycles. The molecule has 0 bridgehead atoms. The molecular formula is C13H27N3O. The Labute approximate surface area is 105 Å². The van der Waals surface area contributed by atoms with Crippen LogP contribution in [0.2, 0.25) is 0 Å². The van der Waals surface area contributed by atoms with Crippen molar-refractivity contribution >= 4 is 5.96 Å². The number of nitrogens with one attached hydrogen (secondary N) is 2. The van der Waals surface area contributed by atoms with Crippen LogP contribution < -0.4 is 10.6 Å². The minimum atomic E-state index is 0.0358. The molecule has 0 spiro atoms. The van der Waals surface area contributed by atoms with Crippen LogP contribution in [0.4, 0.5) is 0 Å². The largest absolute Gasteiger partial charge is 0.381 e. The first-order chi connectivity index (χ1) is 7.85. The highest BCUT2D eigenvalue weighted by molar-refractivity contribution is 5.80. The van der Waals surface area contributed by atoms with E-state index in [-0.39, 0.29) is 11.0 Å². The van der Waals surface area contributed by atoms with Gasteiger partial charge in [-0.05, 0) is 34.1 Å². The number of ether oxygens (including phenoxy) is 1. The number of hydrogen-bond acceptors (Lipinski definition) is 2. The first kappa shape index (κ1) is 14.3. The second-order valence-electron chi connectivity index (χ2n) is 6.18. The molecule has 0 amide bonds. The minimum Gasteiger partial charge on any atom is -0.381 e. The van der Waals surface area contributed by atoms with Crippen molar-refractivity contribution in [2.24, 2.45) is 10.4 Å². The third-order valence-electron chi connectivity index (χ3n) is 2.76. The van der Waals surface area contributed by atoms with Crippen LogP contribution in [0.25, 0.3) is 0 Å². The molecular weight excluding hydrogens is 214 g/mol. The lowest BCUT2D eigenvalue weighted by Gasteiger charge is -2.25. The maximum atomic E-state index is 5.44. The average molecular weight is 241 g/mol. The number of nitrogens with zero attached hydrogens (tertiary/aromatic N) is 1. The van der Waals surface area contributed by atoms with Crippen molar-refractivity contribution in [2.75, 3.05) is 26.3 Å². The van der Waals surface area contributed by atoms with Crippen LogP contribution in [0.5, 0.6) is 0 Å². The van der Waals surface area contributed by atoms with Crippen molar-refractivity contribution in [1.29, 1.82) is 0 Å². The monoisotopic (exact) mass is 241 g/mol. The predicted octanol–water partition coefficient (Wildman–Crippen LogP) is 1.77. The molecule has 4 nitrogen and oxygen atoms in total. The standard InChI is InChI=1S/C13H27N3O/c1-6-14-11(16-12(2,3)4)15-9-13(5)7-8-17-10-13/h6-10H2,1-5H3,(H2,14,15,16). The smallest absolute Gasteiger partial charge is 0.191 e. The lowest BCUT2D eigenvalue weighted by molar-refractivity contribution is 0.163. The Kier molecular flexibility index (Phi) is 4.80. The number of guanidine groups is 1. The molecule has 1 fully saturated rings. The van der Waals surface area contributed by atoms with Crippen molar-refractivity contribution in [1.82, 2.24) is 10.6 Å². The second-order valence-corrected chi connectivity index (χ2v) is 6.18. The average Bonchev–Trinajstić information content (AvgIpc) is 2.61. The topological polar surface area (TPSA) is 45.7 Å². The van der Waals surface area contributed by atoms with Crippen LogP contribution >= 0.6 is 0 Å². The summed E-state index contributed by atoms with van der Waals surface area (Å²) in [5.74, 6) is 0.896. The molecule has 0 aromatic carbocycles. The van der Waals surface area contributed by atoms with E-state index in [2.05, 4.69) is 50.2 Å². The van der Waals surface area contributed by atoms with Gasteiger partial charge in [0.25, 0.3) is 0 Å². The Morgan fingerprint density at radius 2 is 2.12 bits per heavy atom. The van der Waals surface area contributed by atoms with Crippen molar-refractivity contribution in [3.05, 3.63) is 0 Å². The van der Waals surface area contributed by atoms with Gasteiger partial charge in [-0.3, -0.25) is 4.99 Å². The van der Waals surface area contributed by atoms with Crippen molar-refractivity contribution in [2.45, 2.75) is 46.6 Å². The van der Waals surface area contributed by atoms with Crippen molar-refractivity contribution in [3.63, 3.8) is 0 Å². The molecule has 1 heterocycles. The summed E-state index contributed by atoms with van der Waals surface area (Å²) in [6, 6.07) is 0. The Bertz CT molecular complexity index is 262. The van der Waals surface area contributed by atoms with E-state index in [9.17, 15) is 0 Å². The summed E-state index contributed by atoms with van der Waals surface area (Å²) in [4.78, 5) is 4.67. The summed E-state index contributed by atoms with van der Waals surface area (Å²) in [5, 5.41) is 6.67. The SMILES string of the molecule is CCNC(=NCC1(C)CCOC1)NC(C)(C)C. The van der Waals surface area contributed by atoms with E-state index in [1.54, 1.807) is 0 Å². The van der Waals surface area contributed by atoms with Crippen molar-refractivity contribution in [3.8, 4) is 0 Å². The second kappa shape index (κ2) is 5.71. The van der Waals surface area contributed by atoms with Crippen LogP contribution in [0.3, 0.4) is 0 Å². The molecule has 2 N–H and O–H groups in total. The van der Waals surface area contributed by atoms with Crippen LogP contribution in [-0.4, -0.2) is 37.8 Å². The summed E-state index contributed by atoms with van der Waals surface area (Å²) < 4.78 is 5.44. The molecule has 1 aliphatic rings. The van der Waals surface area contributed by atoms with Crippen LogP contribution in [0.1, 0.15) is 41.0 Å². The van der Waals surface area contributed by atoms with Gasteiger partial charge in [0.15, 0.2) is 5.96 Å². The number of aliphatic imine (C=N–C) groups is 1. The van der Waals surface area contributed by atoms with Crippen LogP contribution in [0.15, 0.2) is 4.99 Å². The molecule has 0 aliphatic carbocycles. The van der Waals surface area contributed by atoms with Gasteiger partial charge in [-0.1, -0.05) is 6.92 Å². The first-order valence-corrected chi connectivity index (χ1v) is 6.49. The zero-order chi connectivity index (χ0) is 12.9. The Balaban J connectivity index is 2.56. The Morgan fingerprint density at radius 1 is 1.41 bits per heavy atom. The maximum absolute atomic E-state index is 5.44. The van der Waals surface area contributed by atoms with E-state index in [1.165, 1.54) is 0 Å². The number of rotatable bonds is 3. The van der Waals surface area contributed by atoms with Crippen LogP contribution in [0, 0.1) is 5.41 Å². The summed E-state index contributed by atoms with van der Waals surface area (Å²) in [5.41, 5.74) is 0.244. The van der Waals surface area contributed by atoms with E-state index in [4.69, 9.17) is 4.74 Å². The lowest BCUT2D eigenvalue weighted by atomic mass is 9.90. The molecule has 1 unspecified atom stereocenters.